The highest BCUT2D eigenvalue weighted by atomic mass is 16.5. The van der Waals surface area contributed by atoms with Crippen LogP contribution < -0.4 is 0 Å². The Bertz CT molecular complexity index is 542. The number of fused-ring (bicyclic) bond motifs is 1. The quantitative estimate of drug-likeness (QED) is 0.880. The van der Waals surface area contributed by atoms with Crippen LogP contribution in [0.5, 0.6) is 0 Å². The molecule has 1 fully saturated rings. The van der Waals surface area contributed by atoms with E-state index in [9.17, 15) is 9.90 Å². The zero-order valence-corrected chi connectivity index (χ0v) is 12.8. The van der Waals surface area contributed by atoms with Crippen LogP contribution >= 0.6 is 0 Å². The second kappa shape index (κ2) is 5.10. The Morgan fingerprint density at radius 2 is 2.24 bits per heavy atom. The van der Waals surface area contributed by atoms with Crippen molar-refractivity contribution in [3.63, 3.8) is 0 Å². The minimum absolute atomic E-state index is 0.0358. The van der Waals surface area contributed by atoms with Gasteiger partial charge >= 0.3 is 0 Å². The summed E-state index contributed by atoms with van der Waals surface area (Å²) in [6, 6.07) is 0. The lowest BCUT2D eigenvalue weighted by molar-refractivity contribution is -0.0300. The Morgan fingerprint density at radius 3 is 2.86 bits per heavy atom. The zero-order chi connectivity index (χ0) is 15.2. The molecule has 0 unspecified atom stereocenters. The number of aliphatic hydroxyl groups is 1. The van der Waals surface area contributed by atoms with Crippen LogP contribution in [-0.4, -0.2) is 51.9 Å². The number of aromatic nitrogens is 2. The van der Waals surface area contributed by atoms with Gasteiger partial charge in [-0.3, -0.25) is 9.89 Å². The summed E-state index contributed by atoms with van der Waals surface area (Å²) >= 11 is 0. The van der Waals surface area contributed by atoms with Crippen molar-refractivity contribution in [3.05, 3.63) is 17.0 Å². The van der Waals surface area contributed by atoms with Gasteiger partial charge in [0.1, 0.15) is 0 Å². The SMILES string of the molecule is CCC1(CO)CN(C(=O)c2n[nH]c3c2C[C@H](C)O[C@@H]3C)C1. The van der Waals surface area contributed by atoms with Crippen LogP contribution in [0, 0.1) is 5.41 Å². The number of carbonyl (C=O) groups is 1. The van der Waals surface area contributed by atoms with Crippen molar-refractivity contribution < 1.29 is 14.6 Å². The molecule has 1 saturated heterocycles. The Morgan fingerprint density at radius 1 is 1.52 bits per heavy atom. The van der Waals surface area contributed by atoms with Gasteiger partial charge in [-0.2, -0.15) is 5.10 Å². The monoisotopic (exact) mass is 293 g/mol. The number of ether oxygens (including phenoxy) is 1. The number of H-pyrrole nitrogens is 1. The highest BCUT2D eigenvalue weighted by Crippen LogP contribution is 2.36. The molecular formula is C15H23N3O3. The number of likely N-dealkylation sites (tertiary alicyclic amines) is 1. The summed E-state index contributed by atoms with van der Waals surface area (Å²) in [4.78, 5) is 14.4. The Balaban J connectivity index is 1.79. The smallest absolute Gasteiger partial charge is 0.274 e. The van der Waals surface area contributed by atoms with Gasteiger partial charge in [-0.05, 0) is 20.3 Å². The lowest BCUT2D eigenvalue weighted by Gasteiger charge is -2.48. The maximum Gasteiger partial charge on any atom is 0.274 e. The predicted octanol–water partition coefficient (Wildman–Crippen LogP) is 1.28. The number of aromatic amines is 1. The van der Waals surface area contributed by atoms with Crippen LogP contribution in [0.4, 0.5) is 0 Å². The van der Waals surface area contributed by atoms with E-state index in [0.717, 1.165) is 17.7 Å². The number of amides is 1. The molecular weight excluding hydrogens is 270 g/mol. The van der Waals surface area contributed by atoms with Crippen molar-refractivity contribution >= 4 is 5.91 Å². The van der Waals surface area contributed by atoms with Crippen LogP contribution in [0.3, 0.4) is 0 Å². The van der Waals surface area contributed by atoms with Gasteiger partial charge in [-0.15, -0.1) is 0 Å². The van der Waals surface area contributed by atoms with E-state index in [-0.39, 0.29) is 30.1 Å². The molecule has 0 aromatic carbocycles. The summed E-state index contributed by atoms with van der Waals surface area (Å²) in [5.74, 6) is -0.0358. The van der Waals surface area contributed by atoms with E-state index in [0.29, 0.717) is 25.2 Å². The third-order valence-corrected chi connectivity index (χ3v) is 4.86. The summed E-state index contributed by atoms with van der Waals surface area (Å²) in [6.45, 7) is 7.39. The number of aliphatic hydroxyl groups excluding tert-OH is 1. The molecule has 1 amide bonds. The molecule has 0 bridgehead atoms. The average Bonchev–Trinajstić information content (AvgIpc) is 2.82. The van der Waals surface area contributed by atoms with Gasteiger partial charge in [-0.25, -0.2) is 0 Å². The topological polar surface area (TPSA) is 78.5 Å². The molecule has 116 valence electrons. The fourth-order valence-electron chi connectivity index (χ4n) is 3.34. The first-order valence-electron chi connectivity index (χ1n) is 7.62. The molecule has 0 radical (unpaired) electrons. The molecule has 2 aliphatic rings. The number of carbonyl (C=O) groups excluding carboxylic acids is 1. The number of nitrogens with zero attached hydrogens (tertiary/aromatic N) is 2. The zero-order valence-electron chi connectivity index (χ0n) is 12.8. The summed E-state index contributed by atoms with van der Waals surface area (Å²) in [5, 5.41) is 16.6. The maximum absolute atomic E-state index is 12.6. The number of rotatable bonds is 3. The molecule has 0 aliphatic carbocycles. The maximum atomic E-state index is 12.6. The van der Waals surface area contributed by atoms with E-state index in [1.165, 1.54) is 0 Å². The lowest BCUT2D eigenvalue weighted by atomic mass is 9.78. The van der Waals surface area contributed by atoms with Gasteiger partial charge in [0.05, 0.1) is 24.5 Å². The predicted molar refractivity (Wildman–Crippen MR) is 77.0 cm³/mol. The number of nitrogens with one attached hydrogen (secondary N) is 1. The second-order valence-corrected chi connectivity index (χ2v) is 6.43. The van der Waals surface area contributed by atoms with Crippen molar-refractivity contribution in [1.82, 2.24) is 15.1 Å². The van der Waals surface area contributed by atoms with E-state index < -0.39 is 0 Å². The average molecular weight is 293 g/mol. The van der Waals surface area contributed by atoms with Crippen LogP contribution in [0.1, 0.15) is 55.0 Å². The van der Waals surface area contributed by atoms with Gasteiger partial charge in [-0.1, -0.05) is 6.92 Å². The van der Waals surface area contributed by atoms with E-state index in [1.807, 2.05) is 13.8 Å². The Hall–Kier alpha value is -1.40. The fraction of sp³-hybridized carbons (Fsp3) is 0.733. The molecule has 1 aromatic rings. The molecule has 6 nitrogen and oxygen atoms in total. The minimum atomic E-state index is -0.115. The first-order valence-corrected chi connectivity index (χ1v) is 7.62. The highest BCUT2D eigenvalue weighted by molar-refractivity contribution is 5.94. The van der Waals surface area contributed by atoms with E-state index in [2.05, 4.69) is 17.1 Å². The van der Waals surface area contributed by atoms with Crippen LogP contribution in [-0.2, 0) is 11.2 Å². The van der Waals surface area contributed by atoms with Crippen molar-refractivity contribution in [2.24, 2.45) is 5.41 Å². The Kier molecular flexibility index (Phi) is 3.53. The largest absolute Gasteiger partial charge is 0.396 e. The van der Waals surface area contributed by atoms with Crippen LogP contribution in [0.15, 0.2) is 0 Å². The van der Waals surface area contributed by atoms with Gasteiger partial charge in [0, 0.05) is 30.5 Å². The molecule has 1 aromatic heterocycles. The molecule has 21 heavy (non-hydrogen) atoms. The Labute approximate surface area is 124 Å². The van der Waals surface area contributed by atoms with E-state index in [1.54, 1.807) is 4.90 Å². The van der Waals surface area contributed by atoms with Crippen molar-refractivity contribution in [2.75, 3.05) is 19.7 Å². The van der Waals surface area contributed by atoms with Crippen molar-refractivity contribution in [2.45, 2.75) is 45.8 Å². The highest BCUT2D eigenvalue weighted by Gasteiger charge is 2.45. The van der Waals surface area contributed by atoms with Crippen molar-refractivity contribution in [3.8, 4) is 0 Å². The van der Waals surface area contributed by atoms with Gasteiger partial charge < -0.3 is 14.7 Å². The molecule has 2 atom stereocenters. The number of hydrogen-bond donors (Lipinski definition) is 2. The molecule has 2 N–H and O–H groups in total. The molecule has 0 spiro atoms. The second-order valence-electron chi connectivity index (χ2n) is 6.43. The molecule has 0 saturated carbocycles. The minimum Gasteiger partial charge on any atom is -0.396 e. The summed E-state index contributed by atoms with van der Waals surface area (Å²) in [5.41, 5.74) is 2.31. The molecule has 3 rings (SSSR count). The third kappa shape index (κ3) is 2.26. The van der Waals surface area contributed by atoms with Gasteiger partial charge in [0.25, 0.3) is 5.91 Å². The first kappa shape index (κ1) is 14.5. The molecule has 3 heterocycles. The summed E-state index contributed by atoms with van der Waals surface area (Å²) in [6.07, 6.45) is 1.64. The van der Waals surface area contributed by atoms with E-state index in [4.69, 9.17) is 4.74 Å². The summed E-state index contributed by atoms with van der Waals surface area (Å²) < 4.78 is 5.75. The van der Waals surface area contributed by atoms with Gasteiger partial charge in [0.2, 0.25) is 0 Å². The normalized spacial score (nSPS) is 27.1. The lowest BCUT2D eigenvalue weighted by Crippen LogP contribution is -2.60. The molecule has 6 heteroatoms. The van der Waals surface area contributed by atoms with Crippen LogP contribution in [0.2, 0.25) is 0 Å². The first-order chi connectivity index (χ1) is 9.99. The standard InChI is InChI=1S/C15H23N3O3/c1-4-15(8-19)6-18(7-15)14(20)13-11-5-9(2)21-10(3)12(11)16-17-13/h9-10,19H,4-8H2,1-3H3,(H,16,17)/t9-,10+/m0/s1. The van der Waals surface area contributed by atoms with E-state index >= 15 is 0 Å². The van der Waals surface area contributed by atoms with Crippen molar-refractivity contribution in [1.29, 1.82) is 0 Å². The summed E-state index contributed by atoms with van der Waals surface area (Å²) in [7, 11) is 0. The molecule has 2 aliphatic heterocycles. The third-order valence-electron chi connectivity index (χ3n) is 4.86. The fourth-order valence-corrected chi connectivity index (χ4v) is 3.34. The number of hydrogen-bond acceptors (Lipinski definition) is 4. The van der Waals surface area contributed by atoms with Crippen LogP contribution in [0.25, 0.3) is 0 Å². The van der Waals surface area contributed by atoms with Gasteiger partial charge in [0.15, 0.2) is 5.69 Å².